The van der Waals surface area contributed by atoms with Crippen molar-refractivity contribution in [2.45, 2.75) is 49.9 Å². The van der Waals surface area contributed by atoms with E-state index in [1.165, 1.54) is 12.1 Å². The number of ether oxygens (including phenoxy) is 1. The summed E-state index contributed by atoms with van der Waals surface area (Å²) in [6, 6.07) is 7.17. The lowest BCUT2D eigenvalue weighted by molar-refractivity contribution is 0.132. The van der Waals surface area contributed by atoms with Gasteiger partial charge >= 0.3 is 6.09 Å². The van der Waals surface area contributed by atoms with Gasteiger partial charge in [-0.05, 0) is 55.0 Å². The van der Waals surface area contributed by atoms with Gasteiger partial charge in [-0.25, -0.2) is 13.6 Å². The second-order valence-corrected chi connectivity index (χ2v) is 7.29. The molecule has 1 N–H and O–H groups in total. The van der Waals surface area contributed by atoms with E-state index >= 15 is 0 Å². The summed E-state index contributed by atoms with van der Waals surface area (Å²) < 4.78 is 33.7. The fraction of sp³-hybridized carbons (Fsp3) is 0.364. The molecular weight excluding hydrogens is 362 g/mol. The number of rotatable bonds is 2. The molecule has 1 saturated carbocycles. The summed E-state index contributed by atoms with van der Waals surface area (Å²) in [5, 5.41) is 2.73. The van der Waals surface area contributed by atoms with Crippen LogP contribution < -0.4 is 5.32 Å². The Kier molecular flexibility index (Phi) is 4.99. The van der Waals surface area contributed by atoms with Crippen LogP contribution in [0.5, 0.6) is 0 Å². The summed E-state index contributed by atoms with van der Waals surface area (Å²) in [5.74, 6) is 5.25. The molecule has 1 amide bonds. The van der Waals surface area contributed by atoms with Gasteiger partial charge in [0.2, 0.25) is 0 Å². The predicted molar refractivity (Wildman–Crippen MR) is 99.5 cm³/mol. The molecule has 2 atom stereocenters. The first-order valence-corrected chi connectivity index (χ1v) is 9.42. The maximum Gasteiger partial charge on any atom is 0.408 e. The lowest BCUT2D eigenvalue weighted by Crippen LogP contribution is -2.23. The van der Waals surface area contributed by atoms with Gasteiger partial charge in [-0.1, -0.05) is 30.4 Å². The van der Waals surface area contributed by atoms with Crippen LogP contribution in [0.25, 0.3) is 0 Å². The molecule has 1 aliphatic carbocycles. The topological polar surface area (TPSA) is 51.2 Å². The summed E-state index contributed by atoms with van der Waals surface area (Å²) >= 11 is 0. The van der Waals surface area contributed by atoms with Gasteiger partial charge in [-0.15, -0.1) is 0 Å². The number of alkyl carbamates (subject to hydrolysis) is 1. The first-order chi connectivity index (χ1) is 13.5. The number of aromatic nitrogens is 1. The van der Waals surface area contributed by atoms with Crippen molar-refractivity contribution in [3.63, 3.8) is 0 Å². The number of carbonyl (C=O) groups is 1. The number of pyridine rings is 1. The number of halogens is 2. The lowest BCUT2D eigenvalue weighted by atomic mass is 9.87. The Bertz CT molecular complexity index is 945. The average Bonchev–Trinajstić information content (AvgIpc) is 3.09. The number of benzene rings is 1. The van der Waals surface area contributed by atoms with Crippen LogP contribution in [0.15, 0.2) is 42.7 Å². The highest BCUT2D eigenvalue weighted by molar-refractivity contribution is 5.71. The summed E-state index contributed by atoms with van der Waals surface area (Å²) in [7, 11) is 0. The molecule has 4 nitrogen and oxygen atoms in total. The van der Waals surface area contributed by atoms with Crippen molar-refractivity contribution in [2.75, 3.05) is 0 Å². The van der Waals surface area contributed by atoms with Gasteiger partial charge in [-0.3, -0.25) is 4.98 Å². The van der Waals surface area contributed by atoms with Gasteiger partial charge < -0.3 is 10.1 Å². The zero-order valence-corrected chi connectivity index (χ0v) is 15.3. The molecule has 2 aromatic rings. The van der Waals surface area contributed by atoms with Crippen LogP contribution >= 0.6 is 0 Å². The van der Waals surface area contributed by atoms with Crippen LogP contribution in [0, 0.1) is 17.7 Å². The van der Waals surface area contributed by atoms with E-state index in [2.05, 4.69) is 22.1 Å². The number of nitrogens with zero attached hydrogens (tertiary/aromatic N) is 1. The molecule has 0 spiro atoms. The zero-order valence-electron chi connectivity index (χ0n) is 15.3. The third-order valence-electron chi connectivity index (χ3n) is 5.18. The molecule has 4 rings (SSSR count). The minimum atomic E-state index is -1.44. The average molecular weight is 382 g/mol. The van der Waals surface area contributed by atoms with Crippen molar-refractivity contribution in [3.05, 3.63) is 65.2 Å². The molecule has 1 aromatic heterocycles. The quantitative estimate of drug-likeness (QED) is 0.762. The molecule has 28 heavy (non-hydrogen) atoms. The highest BCUT2D eigenvalue weighted by Crippen LogP contribution is 2.37. The molecule has 0 unspecified atom stereocenters. The largest absolute Gasteiger partial charge is 0.439 e. The van der Waals surface area contributed by atoms with Gasteiger partial charge in [0.15, 0.2) is 11.8 Å². The predicted octanol–water partition coefficient (Wildman–Crippen LogP) is 4.77. The van der Waals surface area contributed by atoms with Gasteiger partial charge in [0, 0.05) is 18.0 Å². The van der Waals surface area contributed by atoms with Crippen LogP contribution in [-0.4, -0.2) is 16.7 Å². The summed E-state index contributed by atoms with van der Waals surface area (Å²) in [6.45, 7) is 0. The van der Waals surface area contributed by atoms with Crippen LogP contribution in [0.2, 0.25) is 0 Å². The fourth-order valence-corrected chi connectivity index (χ4v) is 3.74. The molecule has 6 heteroatoms. The minimum absolute atomic E-state index is 0.405. The molecule has 1 aliphatic heterocycles. The molecule has 2 heterocycles. The van der Waals surface area contributed by atoms with E-state index < -0.39 is 29.7 Å². The van der Waals surface area contributed by atoms with Crippen LogP contribution in [0.4, 0.5) is 13.6 Å². The molecule has 0 radical (unpaired) electrons. The molecule has 144 valence electrons. The smallest absolute Gasteiger partial charge is 0.408 e. The first-order valence-electron chi connectivity index (χ1n) is 9.42. The molecule has 2 aliphatic rings. The number of nitrogens with one attached hydrogen (secondary N) is 1. The number of hydrogen-bond donors (Lipinski definition) is 1. The number of hydrogen-bond acceptors (Lipinski definition) is 3. The van der Waals surface area contributed by atoms with Crippen LogP contribution in [0.3, 0.4) is 0 Å². The van der Waals surface area contributed by atoms with E-state index in [0.29, 0.717) is 29.5 Å². The van der Waals surface area contributed by atoms with Gasteiger partial charge in [0.05, 0.1) is 0 Å². The van der Waals surface area contributed by atoms with E-state index in [-0.39, 0.29) is 0 Å². The summed E-state index contributed by atoms with van der Waals surface area (Å²) in [5.41, 5.74) is 0.343. The second kappa shape index (κ2) is 7.59. The van der Waals surface area contributed by atoms with Gasteiger partial charge in [-0.2, -0.15) is 0 Å². The molecular formula is C22H20F2N2O2. The van der Waals surface area contributed by atoms with Crippen molar-refractivity contribution < 1.29 is 18.3 Å². The van der Waals surface area contributed by atoms with Crippen molar-refractivity contribution in [1.29, 1.82) is 0 Å². The first kappa shape index (κ1) is 18.4. The SMILES string of the molecule is O=C1N[C@H](c2cncc(C#CC3(F)CCCCC3)c2)[C@@H](c2cccc(F)c2)O1. The zero-order chi connectivity index (χ0) is 19.6. The van der Waals surface area contributed by atoms with E-state index in [1.54, 1.807) is 30.6 Å². The normalized spacial score (nSPS) is 23.3. The maximum absolute atomic E-state index is 14.7. The van der Waals surface area contributed by atoms with E-state index in [1.807, 2.05) is 0 Å². The molecule has 2 fully saturated rings. The Hall–Kier alpha value is -2.94. The molecule has 1 saturated heterocycles. The summed E-state index contributed by atoms with van der Waals surface area (Å²) in [4.78, 5) is 16.0. The fourth-order valence-electron chi connectivity index (χ4n) is 3.74. The Balaban J connectivity index is 1.60. The van der Waals surface area contributed by atoms with E-state index in [4.69, 9.17) is 4.74 Å². The van der Waals surface area contributed by atoms with Crippen LogP contribution in [-0.2, 0) is 4.74 Å². The van der Waals surface area contributed by atoms with Crippen molar-refractivity contribution >= 4 is 6.09 Å². The number of amides is 1. The molecule has 0 bridgehead atoms. The Morgan fingerprint density at radius 2 is 1.96 bits per heavy atom. The number of carbonyl (C=O) groups excluding carboxylic acids is 1. The third-order valence-corrected chi connectivity index (χ3v) is 5.18. The Labute approximate surface area is 162 Å². The van der Waals surface area contributed by atoms with Gasteiger partial charge in [0.1, 0.15) is 11.9 Å². The number of cyclic esters (lactones) is 1. The highest BCUT2D eigenvalue weighted by atomic mass is 19.1. The maximum atomic E-state index is 14.7. The lowest BCUT2D eigenvalue weighted by Gasteiger charge is -2.23. The molecule has 1 aromatic carbocycles. The number of alkyl halides is 1. The standard InChI is InChI=1S/C22H20F2N2O2/c23-18-6-4-5-16(12-18)20-19(26-21(27)28-20)17-11-15(13-25-14-17)7-10-22(24)8-2-1-3-9-22/h4-6,11-14,19-20H,1-3,8-9H2,(H,26,27)/t19-,20-/m1/s1. The third kappa shape index (κ3) is 3.99. The van der Waals surface area contributed by atoms with Crippen LogP contribution in [0.1, 0.15) is 60.9 Å². The Morgan fingerprint density at radius 1 is 1.14 bits per heavy atom. The van der Waals surface area contributed by atoms with Crippen molar-refractivity contribution in [3.8, 4) is 11.8 Å². The Morgan fingerprint density at radius 3 is 2.75 bits per heavy atom. The van der Waals surface area contributed by atoms with E-state index in [9.17, 15) is 13.6 Å². The van der Waals surface area contributed by atoms with Gasteiger partial charge in [0.25, 0.3) is 0 Å². The van der Waals surface area contributed by atoms with Crippen molar-refractivity contribution in [1.82, 2.24) is 10.3 Å². The van der Waals surface area contributed by atoms with E-state index in [0.717, 1.165) is 19.3 Å². The summed E-state index contributed by atoms with van der Waals surface area (Å²) in [6.07, 6.45) is 5.57. The monoisotopic (exact) mass is 382 g/mol. The minimum Gasteiger partial charge on any atom is -0.439 e. The van der Waals surface area contributed by atoms with Crippen molar-refractivity contribution in [2.24, 2.45) is 0 Å². The second-order valence-electron chi connectivity index (χ2n) is 7.29. The highest BCUT2D eigenvalue weighted by Gasteiger charge is 2.37.